The van der Waals surface area contributed by atoms with Crippen molar-refractivity contribution in [3.63, 3.8) is 0 Å². The Morgan fingerprint density at radius 3 is 2.75 bits per heavy atom. The van der Waals surface area contributed by atoms with Crippen molar-refractivity contribution in [3.05, 3.63) is 35.4 Å². The van der Waals surface area contributed by atoms with E-state index in [1.54, 1.807) is 6.92 Å². The molecule has 1 rings (SSSR count). The van der Waals surface area contributed by atoms with Crippen molar-refractivity contribution >= 4 is 5.97 Å². The standard InChI is InChI=1S/C12H14F2O2/c1-8(6-12(15)16-2)5-9-7-10(13)3-4-11(9)14/h3-4,7-8H,5-6H2,1-2H3. The van der Waals surface area contributed by atoms with Crippen molar-refractivity contribution < 1.29 is 18.3 Å². The van der Waals surface area contributed by atoms with Crippen LogP contribution in [-0.4, -0.2) is 13.1 Å². The minimum absolute atomic E-state index is 0.0799. The van der Waals surface area contributed by atoms with Gasteiger partial charge in [0, 0.05) is 6.42 Å². The summed E-state index contributed by atoms with van der Waals surface area (Å²) in [6.45, 7) is 1.79. The lowest BCUT2D eigenvalue weighted by Gasteiger charge is -2.10. The maximum atomic E-state index is 13.3. The van der Waals surface area contributed by atoms with Gasteiger partial charge in [0.1, 0.15) is 11.6 Å². The number of esters is 1. The minimum atomic E-state index is -0.471. The monoisotopic (exact) mass is 228 g/mol. The molecule has 0 saturated heterocycles. The molecule has 16 heavy (non-hydrogen) atoms. The van der Waals surface area contributed by atoms with Gasteiger partial charge in [0.05, 0.1) is 7.11 Å². The van der Waals surface area contributed by atoms with Crippen LogP contribution in [0.5, 0.6) is 0 Å². The summed E-state index contributed by atoms with van der Waals surface area (Å²) in [6.07, 6.45) is 0.519. The molecule has 1 aromatic rings. The molecule has 1 atom stereocenters. The van der Waals surface area contributed by atoms with E-state index in [4.69, 9.17) is 0 Å². The third-order valence-corrected chi connectivity index (χ3v) is 2.32. The lowest BCUT2D eigenvalue weighted by Crippen LogP contribution is -2.10. The molecule has 0 amide bonds. The molecular formula is C12H14F2O2. The van der Waals surface area contributed by atoms with Crippen LogP contribution in [0.1, 0.15) is 18.9 Å². The zero-order valence-corrected chi connectivity index (χ0v) is 9.30. The zero-order chi connectivity index (χ0) is 12.1. The summed E-state index contributed by atoms with van der Waals surface area (Å²) in [7, 11) is 1.30. The summed E-state index contributed by atoms with van der Waals surface area (Å²) >= 11 is 0. The van der Waals surface area contributed by atoms with E-state index in [1.165, 1.54) is 7.11 Å². The fourth-order valence-electron chi connectivity index (χ4n) is 1.52. The molecule has 88 valence electrons. The van der Waals surface area contributed by atoms with E-state index in [-0.39, 0.29) is 23.9 Å². The molecule has 0 radical (unpaired) electrons. The Hall–Kier alpha value is -1.45. The first-order chi connectivity index (χ1) is 7.52. The second-order valence-corrected chi connectivity index (χ2v) is 3.83. The molecule has 4 heteroatoms. The first-order valence-electron chi connectivity index (χ1n) is 5.03. The second-order valence-electron chi connectivity index (χ2n) is 3.83. The van der Waals surface area contributed by atoms with E-state index in [1.807, 2.05) is 0 Å². The molecule has 0 heterocycles. The van der Waals surface area contributed by atoms with E-state index in [0.29, 0.717) is 6.42 Å². The van der Waals surface area contributed by atoms with Gasteiger partial charge in [-0.3, -0.25) is 4.79 Å². The lowest BCUT2D eigenvalue weighted by molar-refractivity contribution is -0.141. The van der Waals surface area contributed by atoms with Crippen molar-refractivity contribution in [1.29, 1.82) is 0 Å². The molecule has 0 bridgehead atoms. The number of rotatable bonds is 4. The number of carbonyl (C=O) groups excluding carboxylic acids is 1. The summed E-state index contributed by atoms with van der Waals surface area (Å²) in [5.41, 5.74) is 0.288. The molecule has 0 aliphatic carbocycles. The molecule has 1 aromatic carbocycles. The zero-order valence-electron chi connectivity index (χ0n) is 9.30. The Morgan fingerprint density at radius 2 is 2.12 bits per heavy atom. The SMILES string of the molecule is COC(=O)CC(C)Cc1cc(F)ccc1F. The number of hydrogen-bond acceptors (Lipinski definition) is 2. The van der Waals surface area contributed by atoms with Crippen LogP contribution in [0.15, 0.2) is 18.2 Å². The molecule has 0 saturated carbocycles. The van der Waals surface area contributed by atoms with Gasteiger partial charge in [-0.25, -0.2) is 8.78 Å². The molecule has 0 N–H and O–H groups in total. The minimum Gasteiger partial charge on any atom is -0.469 e. The van der Waals surface area contributed by atoms with Crippen LogP contribution in [0.4, 0.5) is 8.78 Å². The topological polar surface area (TPSA) is 26.3 Å². The molecular weight excluding hydrogens is 214 g/mol. The lowest BCUT2D eigenvalue weighted by atomic mass is 9.98. The average molecular weight is 228 g/mol. The third kappa shape index (κ3) is 3.61. The van der Waals surface area contributed by atoms with Crippen LogP contribution in [0.3, 0.4) is 0 Å². The summed E-state index contributed by atoms with van der Waals surface area (Å²) in [6, 6.07) is 3.32. The van der Waals surface area contributed by atoms with E-state index in [9.17, 15) is 13.6 Å². The first kappa shape index (κ1) is 12.6. The normalized spacial score (nSPS) is 12.2. The largest absolute Gasteiger partial charge is 0.469 e. The Labute approximate surface area is 93.2 Å². The van der Waals surface area contributed by atoms with E-state index in [0.717, 1.165) is 18.2 Å². The van der Waals surface area contributed by atoms with Crippen molar-refractivity contribution in [2.24, 2.45) is 5.92 Å². The van der Waals surface area contributed by atoms with Crippen LogP contribution in [-0.2, 0) is 16.0 Å². The van der Waals surface area contributed by atoms with E-state index >= 15 is 0 Å². The van der Waals surface area contributed by atoms with Crippen LogP contribution in [0.25, 0.3) is 0 Å². The number of benzene rings is 1. The van der Waals surface area contributed by atoms with Gasteiger partial charge in [0.2, 0.25) is 0 Å². The summed E-state index contributed by atoms with van der Waals surface area (Å²) < 4.78 is 30.6. The summed E-state index contributed by atoms with van der Waals surface area (Å²) in [4.78, 5) is 11.0. The van der Waals surface area contributed by atoms with Gasteiger partial charge in [-0.2, -0.15) is 0 Å². The molecule has 1 unspecified atom stereocenters. The van der Waals surface area contributed by atoms with Gasteiger partial charge in [-0.1, -0.05) is 6.92 Å². The van der Waals surface area contributed by atoms with Crippen molar-refractivity contribution in [2.75, 3.05) is 7.11 Å². The molecule has 2 nitrogen and oxygen atoms in total. The van der Waals surface area contributed by atoms with Crippen molar-refractivity contribution in [3.8, 4) is 0 Å². The van der Waals surface area contributed by atoms with E-state index in [2.05, 4.69) is 4.74 Å². The Kier molecular flexibility index (Phi) is 4.40. The smallest absolute Gasteiger partial charge is 0.305 e. The van der Waals surface area contributed by atoms with Gasteiger partial charge in [-0.05, 0) is 36.1 Å². The maximum Gasteiger partial charge on any atom is 0.305 e. The van der Waals surface area contributed by atoms with Crippen molar-refractivity contribution in [1.82, 2.24) is 0 Å². The third-order valence-electron chi connectivity index (χ3n) is 2.32. The van der Waals surface area contributed by atoms with Crippen LogP contribution in [0, 0.1) is 17.6 Å². The fourth-order valence-corrected chi connectivity index (χ4v) is 1.52. The van der Waals surface area contributed by atoms with Crippen LogP contribution in [0.2, 0.25) is 0 Å². The van der Waals surface area contributed by atoms with Crippen LogP contribution >= 0.6 is 0 Å². The molecule has 0 fully saturated rings. The molecule has 0 aromatic heterocycles. The van der Waals surface area contributed by atoms with Gasteiger partial charge < -0.3 is 4.74 Å². The fraction of sp³-hybridized carbons (Fsp3) is 0.417. The number of carbonyl (C=O) groups is 1. The van der Waals surface area contributed by atoms with E-state index < -0.39 is 11.6 Å². The van der Waals surface area contributed by atoms with Crippen molar-refractivity contribution in [2.45, 2.75) is 19.8 Å². The predicted molar refractivity (Wildman–Crippen MR) is 55.9 cm³/mol. The average Bonchev–Trinajstić information content (AvgIpc) is 2.23. The van der Waals surface area contributed by atoms with Gasteiger partial charge >= 0.3 is 5.97 Å². The number of halogens is 2. The molecule has 0 aliphatic heterocycles. The Balaban J connectivity index is 2.65. The van der Waals surface area contributed by atoms with Gasteiger partial charge in [-0.15, -0.1) is 0 Å². The Bertz CT molecular complexity index is 377. The second kappa shape index (κ2) is 5.58. The summed E-state index contributed by atoms with van der Waals surface area (Å²) in [5.74, 6) is -1.34. The Morgan fingerprint density at radius 1 is 1.44 bits per heavy atom. The summed E-state index contributed by atoms with van der Waals surface area (Å²) in [5, 5.41) is 0. The quantitative estimate of drug-likeness (QED) is 0.740. The first-order valence-corrected chi connectivity index (χ1v) is 5.03. The van der Waals surface area contributed by atoms with Gasteiger partial charge in [0.25, 0.3) is 0 Å². The highest BCUT2D eigenvalue weighted by atomic mass is 19.1. The van der Waals surface area contributed by atoms with Crippen LogP contribution < -0.4 is 0 Å². The number of ether oxygens (including phenoxy) is 1. The molecule has 0 spiro atoms. The number of methoxy groups -OCH3 is 1. The highest BCUT2D eigenvalue weighted by molar-refractivity contribution is 5.69. The highest BCUT2D eigenvalue weighted by Crippen LogP contribution is 2.16. The highest BCUT2D eigenvalue weighted by Gasteiger charge is 2.12. The van der Waals surface area contributed by atoms with Gasteiger partial charge in [0.15, 0.2) is 0 Å². The predicted octanol–water partition coefficient (Wildman–Crippen LogP) is 2.71. The number of hydrogen-bond donors (Lipinski definition) is 0. The maximum absolute atomic E-state index is 13.3. The molecule has 0 aliphatic rings.